The highest BCUT2D eigenvalue weighted by Crippen LogP contribution is 2.56. The molecule has 1 heteroatoms. The summed E-state index contributed by atoms with van der Waals surface area (Å²) in [5, 5.41) is 0. The minimum atomic E-state index is -0.0127. The van der Waals surface area contributed by atoms with Crippen LogP contribution in [0.2, 0.25) is 0 Å². The van der Waals surface area contributed by atoms with Crippen molar-refractivity contribution in [1.82, 2.24) is 0 Å². The molecule has 0 radical (unpaired) electrons. The molecule has 0 heterocycles. The smallest absolute Gasteiger partial charge is 0.0366 e. The van der Waals surface area contributed by atoms with Crippen LogP contribution in [0.15, 0.2) is 170 Å². The SMILES string of the molecule is CCCCCCCCC1(CCCCCCCC)c2cc(-c3ccccc3)ccc2-c2ccc(-c3ccc4c(c3)/C(=C\C=C\c3ccc(N(CC)CC)cc3)c3cc(-c5ccccc5)ccc3-4)cc21. The van der Waals surface area contributed by atoms with Gasteiger partial charge in [-0.15, -0.1) is 0 Å². The molecule has 1 nitrogen and oxygen atoms in total. The molecule has 9 rings (SSSR count). The number of fused-ring (bicyclic) bond motifs is 6. The van der Waals surface area contributed by atoms with Crippen molar-refractivity contribution in [2.75, 3.05) is 18.0 Å². The van der Waals surface area contributed by atoms with Crippen LogP contribution in [-0.4, -0.2) is 13.1 Å². The zero-order chi connectivity index (χ0) is 46.7. The Morgan fingerprint density at radius 1 is 0.382 bits per heavy atom. The van der Waals surface area contributed by atoms with E-state index in [9.17, 15) is 0 Å². The van der Waals surface area contributed by atoms with Gasteiger partial charge in [0.25, 0.3) is 0 Å². The van der Waals surface area contributed by atoms with Gasteiger partial charge in [0.05, 0.1) is 0 Å². The van der Waals surface area contributed by atoms with Crippen molar-refractivity contribution in [1.29, 1.82) is 0 Å². The fourth-order valence-electron chi connectivity index (χ4n) is 11.5. The highest BCUT2D eigenvalue weighted by Gasteiger charge is 2.42. The number of nitrogens with zero attached hydrogens (tertiary/aromatic N) is 1. The van der Waals surface area contributed by atoms with Gasteiger partial charge in [-0.25, -0.2) is 0 Å². The average molecular weight is 892 g/mol. The first-order chi connectivity index (χ1) is 33.5. The first-order valence-corrected chi connectivity index (χ1v) is 26.5. The monoisotopic (exact) mass is 892 g/mol. The zero-order valence-electron chi connectivity index (χ0n) is 41.5. The van der Waals surface area contributed by atoms with Gasteiger partial charge in [0, 0.05) is 24.2 Å². The molecule has 0 bridgehead atoms. The van der Waals surface area contributed by atoms with Gasteiger partial charge in [-0.1, -0.05) is 230 Å². The van der Waals surface area contributed by atoms with Gasteiger partial charge in [0.2, 0.25) is 0 Å². The van der Waals surface area contributed by atoms with E-state index in [1.807, 2.05) is 0 Å². The van der Waals surface area contributed by atoms with Gasteiger partial charge in [-0.2, -0.15) is 0 Å². The number of anilines is 1. The van der Waals surface area contributed by atoms with Gasteiger partial charge in [0.15, 0.2) is 0 Å². The third-order valence-electron chi connectivity index (χ3n) is 15.3. The predicted molar refractivity (Wildman–Crippen MR) is 297 cm³/mol. The maximum absolute atomic E-state index is 2.63. The largest absolute Gasteiger partial charge is 0.372 e. The lowest BCUT2D eigenvalue weighted by molar-refractivity contribution is 0.398. The van der Waals surface area contributed by atoms with Gasteiger partial charge < -0.3 is 4.90 Å². The molecular formula is C67H73N. The number of hydrogen-bond donors (Lipinski definition) is 0. The second-order valence-electron chi connectivity index (χ2n) is 19.6. The summed E-state index contributed by atoms with van der Waals surface area (Å²) in [6.45, 7) is 11.1. The highest BCUT2D eigenvalue weighted by molar-refractivity contribution is 6.04. The maximum Gasteiger partial charge on any atom is 0.0366 e. The van der Waals surface area contributed by atoms with Crippen LogP contribution in [0.4, 0.5) is 5.69 Å². The van der Waals surface area contributed by atoms with Crippen molar-refractivity contribution in [2.45, 2.75) is 123 Å². The minimum Gasteiger partial charge on any atom is -0.372 e. The maximum atomic E-state index is 2.63. The summed E-state index contributed by atoms with van der Waals surface area (Å²) in [5.74, 6) is 0. The van der Waals surface area contributed by atoms with E-state index >= 15 is 0 Å². The summed E-state index contributed by atoms with van der Waals surface area (Å²) in [5.41, 5.74) is 22.8. The molecular weight excluding hydrogens is 819 g/mol. The van der Waals surface area contributed by atoms with E-state index in [0.717, 1.165) is 13.1 Å². The van der Waals surface area contributed by atoms with E-state index in [-0.39, 0.29) is 5.41 Å². The fraction of sp³-hybridized carbons (Fsp3) is 0.313. The van der Waals surface area contributed by atoms with Crippen LogP contribution in [0.25, 0.3) is 67.3 Å². The summed E-state index contributed by atoms with van der Waals surface area (Å²) in [6.07, 6.45) is 25.1. The number of unbranched alkanes of at least 4 members (excludes halogenated alkanes) is 10. The third-order valence-corrected chi connectivity index (χ3v) is 15.3. The molecule has 346 valence electrons. The van der Waals surface area contributed by atoms with E-state index in [1.165, 1.54) is 173 Å². The molecule has 0 saturated carbocycles. The van der Waals surface area contributed by atoms with Gasteiger partial charge in [-0.3, -0.25) is 0 Å². The molecule has 0 aliphatic heterocycles. The molecule has 7 aromatic rings. The molecule has 0 amide bonds. The topological polar surface area (TPSA) is 3.24 Å². The zero-order valence-corrected chi connectivity index (χ0v) is 41.5. The standard InChI is InChI=1S/C67H73N/c1-5-9-11-13-15-23-44-67(45-24-16-14-12-10-6-2)65-48-55(52-29-21-18-22-30-52)36-42-61(65)62-43-37-56(49-66(62)67)54-35-41-60-59-40-34-53(51-27-19-17-20-28-51)46-63(59)58(64(60)47-54)31-25-26-50-32-38-57(39-33-50)68(7-3)8-4/h17-22,25-43,46-49H,5-16,23-24,44-45H2,1-4H3/b26-25+,58-31-. The molecule has 0 N–H and O–H groups in total. The summed E-state index contributed by atoms with van der Waals surface area (Å²) >= 11 is 0. The molecule has 0 unspecified atom stereocenters. The van der Waals surface area contributed by atoms with Crippen LogP contribution in [0.3, 0.4) is 0 Å². The molecule has 2 aliphatic carbocycles. The first-order valence-electron chi connectivity index (χ1n) is 26.5. The van der Waals surface area contributed by atoms with Crippen molar-refractivity contribution in [2.24, 2.45) is 0 Å². The second kappa shape index (κ2) is 22.3. The first kappa shape index (κ1) is 46.9. The Morgan fingerprint density at radius 3 is 1.29 bits per heavy atom. The molecule has 7 aromatic carbocycles. The quantitative estimate of drug-likeness (QED) is 0.0613. The molecule has 2 aliphatic rings. The van der Waals surface area contributed by atoms with Crippen LogP contribution < -0.4 is 4.90 Å². The molecule has 68 heavy (non-hydrogen) atoms. The minimum absolute atomic E-state index is 0.0127. The van der Waals surface area contributed by atoms with Crippen molar-refractivity contribution in [3.63, 3.8) is 0 Å². The molecule has 0 fully saturated rings. The van der Waals surface area contributed by atoms with Crippen molar-refractivity contribution < 1.29 is 0 Å². The predicted octanol–water partition coefficient (Wildman–Crippen LogP) is 19.4. The second-order valence-corrected chi connectivity index (χ2v) is 19.6. The highest BCUT2D eigenvalue weighted by atomic mass is 15.1. The van der Waals surface area contributed by atoms with Crippen molar-refractivity contribution in [3.8, 4) is 55.6 Å². The lowest BCUT2D eigenvalue weighted by Gasteiger charge is -2.33. The molecule has 0 spiro atoms. The summed E-state index contributed by atoms with van der Waals surface area (Å²) in [7, 11) is 0. The Labute approximate surface area is 409 Å². The van der Waals surface area contributed by atoms with Crippen molar-refractivity contribution in [3.05, 3.63) is 198 Å². The average Bonchev–Trinajstić information content (AvgIpc) is 3.84. The third kappa shape index (κ3) is 10.0. The Hall–Kier alpha value is -6.18. The summed E-state index contributed by atoms with van der Waals surface area (Å²) in [6, 6.07) is 60.2. The number of hydrogen-bond acceptors (Lipinski definition) is 1. The lowest BCUT2D eigenvalue weighted by Crippen LogP contribution is -2.25. The number of allylic oxidation sites excluding steroid dienone is 2. The summed E-state index contributed by atoms with van der Waals surface area (Å²) < 4.78 is 0. The van der Waals surface area contributed by atoms with Gasteiger partial charge in [0.1, 0.15) is 0 Å². The van der Waals surface area contributed by atoms with Crippen LogP contribution >= 0.6 is 0 Å². The fourth-order valence-corrected chi connectivity index (χ4v) is 11.5. The van der Waals surface area contributed by atoms with Gasteiger partial charge >= 0.3 is 0 Å². The normalized spacial score (nSPS) is 13.7. The van der Waals surface area contributed by atoms with E-state index < -0.39 is 0 Å². The van der Waals surface area contributed by atoms with Gasteiger partial charge in [-0.05, 0) is 152 Å². The van der Waals surface area contributed by atoms with E-state index in [2.05, 4.69) is 209 Å². The molecule has 0 saturated heterocycles. The van der Waals surface area contributed by atoms with Crippen LogP contribution in [-0.2, 0) is 5.41 Å². The van der Waals surface area contributed by atoms with E-state index in [4.69, 9.17) is 0 Å². The number of rotatable bonds is 22. The van der Waals surface area contributed by atoms with Crippen LogP contribution in [0, 0.1) is 0 Å². The number of benzene rings is 7. The summed E-state index contributed by atoms with van der Waals surface area (Å²) in [4.78, 5) is 2.40. The Kier molecular flexibility index (Phi) is 15.4. The van der Waals surface area contributed by atoms with Crippen LogP contribution in [0.5, 0.6) is 0 Å². The Morgan fingerprint density at radius 2 is 0.809 bits per heavy atom. The van der Waals surface area contributed by atoms with E-state index in [1.54, 1.807) is 11.1 Å². The molecule has 0 atom stereocenters. The van der Waals surface area contributed by atoms with Crippen LogP contribution in [0.1, 0.15) is 145 Å². The van der Waals surface area contributed by atoms with Crippen molar-refractivity contribution >= 4 is 17.3 Å². The Bertz CT molecular complexity index is 2800. The molecule has 0 aromatic heterocycles. The van der Waals surface area contributed by atoms with E-state index in [0.29, 0.717) is 0 Å². The lowest BCUT2D eigenvalue weighted by atomic mass is 9.70. The Balaban J connectivity index is 1.12.